The van der Waals surface area contributed by atoms with Crippen molar-refractivity contribution in [3.8, 4) is 11.5 Å². The van der Waals surface area contributed by atoms with Crippen LogP contribution in [0.25, 0.3) is 0 Å². The van der Waals surface area contributed by atoms with E-state index in [1.807, 2.05) is 6.07 Å². The molecule has 4 nitrogen and oxygen atoms in total. The van der Waals surface area contributed by atoms with Crippen LogP contribution >= 0.6 is 0 Å². The fourth-order valence-corrected chi connectivity index (χ4v) is 2.10. The summed E-state index contributed by atoms with van der Waals surface area (Å²) < 4.78 is 11.1. The molecule has 1 aliphatic heterocycles. The first kappa shape index (κ1) is 13.0. The highest BCUT2D eigenvalue weighted by molar-refractivity contribution is 5.56. The van der Waals surface area contributed by atoms with Crippen molar-refractivity contribution in [1.82, 2.24) is 0 Å². The summed E-state index contributed by atoms with van der Waals surface area (Å²) in [5.74, 6) is 1.69. The van der Waals surface area contributed by atoms with Crippen LogP contribution in [-0.4, -0.2) is 32.8 Å². The summed E-state index contributed by atoms with van der Waals surface area (Å²) in [7, 11) is 0. The molecule has 0 bridgehead atoms. The van der Waals surface area contributed by atoms with Gasteiger partial charge >= 0.3 is 0 Å². The third-order valence-electron chi connectivity index (χ3n) is 3.07. The lowest BCUT2D eigenvalue weighted by atomic mass is 10.2. The predicted octanol–water partition coefficient (Wildman–Crippen LogP) is 2.02. The van der Waals surface area contributed by atoms with Gasteiger partial charge < -0.3 is 20.1 Å². The van der Waals surface area contributed by atoms with E-state index < -0.39 is 0 Å². The minimum Gasteiger partial charge on any atom is -0.486 e. The average Bonchev–Trinajstić information content (AvgIpc) is 2.43. The molecule has 1 aliphatic rings. The lowest BCUT2D eigenvalue weighted by molar-refractivity contribution is 0.171. The van der Waals surface area contributed by atoms with Gasteiger partial charge in [0.05, 0.1) is 0 Å². The summed E-state index contributed by atoms with van der Waals surface area (Å²) in [5.41, 5.74) is 6.84. The van der Waals surface area contributed by atoms with Gasteiger partial charge in [0.15, 0.2) is 11.5 Å². The van der Waals surface area contributed by atoms with Crippen LogP contribution in [0.15, 0.2) is 18.2 Å². The van der Waals surface area contributed by atoms with Gasteiger partial charge in [0, 0.05) is 31.4 Å². The normalized spacial score (nSPS) is 13.4. The summed E-state index contributed by atoms with van der Waals surface area (Å²) in [5, 5.41) is 0. The largest absolute Gasteiger partial charge is 0.486 e. The van der Waals surface area contributed by atoms with Gasteiger partial charge in [-0.2, -0.15) is 0 Å². The SMILES string of the molecule is CCCCN(CCN)c1ccc2c(c1)OCCO2. The van der Waals surface area contributed by atoms with Crippen LogP contribution in [0.2, 0.25) is 0 Å². The number of anilines is 1. The van der Waals surface area contributed by atoms with Crippen molar-refractivity contribution in [2.45, 2.75) is 19.8 Å². The molecule has 18 heavy (non-hydrogen) atoms. The van der Waals surface area contributed by atoms with Gasteiger partial charge in [-0.05, 0) is 18.6 Å². The molecule has 0 fully saturated rings. The maximum Gasteiger partial charge on any atom is 0.163 e. The van der Waals surface area contributed by atoms with Crippen LogP contribution in [0.1, 0.15) is 19.8 Å². The smallest absolute Gasteiger partial charge is 0.163 e. The Hall–Kier alpha value is -1.42. The number of hydrogen-bond acceptors (Lipinski definition) is 4. The molecule has 0 saturated heterocycles. The summed E-state index contributed by atoms with van der Waals surface area (Å²) >= 11 is 0. The Kier molecular flexibility index (Phi) is 4.70. The highest BCUT2D eigenvalue weighted by Gasteiger charge is 2.14. The van der Waals surface area contributed by atoms with Crippen molar-refractivity contribution in [2.75, 3.05) is 37.7 Å². The summed E-state index contributed by atoms with van der Waals surface area (Å²) in [6.07, 6.45) is 2.36. The number of ether oxygens (including phenoxy) is 2. The Morgan fingerprint density at radius 1 is 1.17 bits per heavy atom. The van der Waals surface area contributed by atoms with Gasteiger partial charge in [-0.15, -0.1) is 0 Å². The fraction of sp³-hybridized carbons (Fsp3) is 0.571. The molecule has 0 spiro atoms. The van der Waals surface area contributed by atoms with Crippen LogP contribution < -0.4 is 20.1 Å². The Bertz CT molecular complexity index is 382. The van der Waals surface area contributed by atoms with Crippen molar-refractivity contribution >= 4 is 5.69 Å². The van der Waals surface area contributed by atoms with Gasteiger partial charge in [0.2, 0.25) is 0 Å². The Balaban J connectivity index is 2.13. The van der Waals surface area contributed by atoms with Gasteiger partial charge in [0.25, 0.3) is 0 Å². The number of benzene rings is 1. The lowest BCUT2D eigenvalue weighted by Crippen LogP contribution is -2.30. The number of rotatable bonds is 6. The van der Waals surface area contributed by atoms with Gasteiger partial charge in [-0.25, -0.2) is 0 Å². The van der Waals surface area contributed by atoms with Crippen molar-refractivity contribution in [2.24, 2.45) is 5.73 Å². The molecule has 1 aromatic rings. The van der Waals surface area contributed by atoms with Crippen molar-refractivity contribution in [1.29, 1.82) is 0 Å². The highest BCUT2D eigenvalue weighted by Crippen LogP contribution is 2.33. The van der Waals surface area contributed by atoms with Crippen LogP contribution in [-0.2, 0) is 0 Å². The summed E-state index contributed by atoms with van der Waals surface area (Å²) in [6.45, 7) is 6.03. The van der Waals surface area contributed by atoms with Crippen molar-refractivity contribution in [3.63, 3.8) is 0 Å². The second-order valence-electron chi connectivity index (χ2n) is 4.46. The maximum atomic E-state index is 5.68. The molecule has 1 heterocycles. The maximum absolute atomic E-state index is 5.68. The molecule has 0 atom stereocenters. The van der Waals surface area contributed by atoms with E-state index in [4.69, 9.17) is 15.2 Å². The standard InChI is InChI=1S/C14H22N2O2/c1-2-3-7-16(8-6-15)12-4-5-13-14(11-12)18-10-9-17-13/h4-5,11H,2-3,6-10,15H2,1H3. The minimum atomic E-state index is 0.627. The predicted molar refractivity (Wildman–Crippen MR) is 73.6 cm³/mol. The molecule has 0 aliphatic carbocycles. The van der Waals surface area contributed by atoms with E-state index in [9.17, 15) is 0 Å². The molecule has 100 valence electrons. The highest BCUT2D eigenvalue weighted by atomic mass is 16.6. The zero-order valence-corrected chi connectivity index (χ0v) is 11.0. The second kappa shape index (κ2) is 6.50. The van der Waals surface area contributed by atoms with E-state index in [0.717, 1.165) is 30.3 Å². The average molecular weight is 250 g/mol. The number of unbranched alkanes of at least 4 members (excludes halogenated alkanes) is 1. The quantitative estimate of drug-likeness (QED) is 0.839. The molecule has 1 aromatic carbocycles. The minimum absolute atomic E-state index is 0.627. The van der Waals surface area contributed by atoms with Crippen LogP contribution in [0.4, 0.5) is 5.69 Å². The number of hydrogen-bond donors (Lipinski definition) is 1. The molecule has 0 radical (unpaired) electrons. The lowest BCUT2D eigenvalue weighted by Gasteiger charge is -2.26. The summed E-state index contributed by atoms with van der Waals surface area (Å²) in [4.78, 5) is 2.31. The monoisotopic (exact) mass is 250 g/mol. The Morgan fingerprint density at radius 2 is 1.94 bits per heavy atom. The van der Waals surface area contributed by atoms with E-state index in [1.54, 1.807) is 0 Å². The van der Waals surface area contributed by atoms with E-state index in [1.165, 1.54) is 12.8 Å². The first-order valence-electron chi connectivity index (χ1n) is 6.70. The topological polar surface area (TPSA) is 47.7 Å². The molecular weight excluding hydrogens is 228 g/mol. The second-order valence-corrected chi connectivity index (χ2v) is 4.46. The molecule has 0 saturated carbocycles. The molecule has 0 aromatic heterocycles. The van der Waals surface area contributed by atoms with Gasteiger partial charge in [-0.3, -0.25) is 0 Å². The molecule has 0 amide bonds. The van der Waals surface area contributed by atoms with Crippen molar-refractivity contribution < 1.29 is 9.47 Å². The molecular formula is C14H22N2O2. The fourth-order valence-electron chi connectivity index (χ4n) is 2.10. The van der Waals surface area contributed by atoms with E-state index in [2.05, 4.69) is 24.0 Å². The number of nitrogens with zero attached hydrogens (tertiary/aromatic N) is 1. The molecule has 2 N–H and O–H groups in total. The Morgan fingerprint density at radius 3 is 2.67 bits per heavy atom. The third-order valence-corrected chi connectivity index (χ3v) is 3.07. The summed E-state index contributed by atoms with van der Waals surface area (Å²) in [6, 6.07) is 6.12. The Labute approximate surface area is 109 Å². The van der Waals surface area contributed by atoms with E-state index >= 15 is 0 Å². The van der Waals surface area contributed by atoms with Crippen LogP contribution in [0.5, 0.6) is 11.5 Å². The van der Waals surface area contributed by atoms with Gasteiger partial charge in [0.1, 0.15) is 13.2 Å². The van der Waals surface area contributed by atoms with E-state index in [-0.39, 0.29) is 0 Å². The number of nitrogens with two attached hydrogens (primary N) is 1. The zero-order chi connectivity index (χ0) is 12.8. The molecule has 4 heteroatoms. The molecule has 0 unspecified atom stereocenters. The van der Waals surface area contributed by atoms with Crippen LogP contribution in [0.3, 0.4) is 0 Å². The van der Waals surface area contributed by atoms with Crippen molar-refractivity contribution in [3.05, 3.63) is 18.2 Å². The first-order chi connectivity index (χ1) is 8.85. The van der Waals surface area contributed by atoms with Crippen LogP contribution in [0, 0.1) is 0 Å². The van der Waals surface area contributed by atoms with E-state index in [0.29, 0.717) is 19.8 Å². The number of fused-ring (bicyclic) bond motifs is 1. The first-order valence-corrected chi connectivity index (χ1v) is 6.70. The zero-order valence-electron chi connectivity index (χ0n) is 11.0. The third kappa shape index (κ3) is 3.07. The molecule has 2 rings (SSSR count). The van der Waals surface area contributed by atoms with Gasteiger partial charge in [-0.1, -0.05) is 13.3 Å².